The van der Waals surface area contributed by atoms with E-state index < -0.39 is 23.1 Å². The second-order valence-corrected chi connectivity index (χ2v) is 10.3. The van der Waals surface area contributed by atoms with E-state index in [9.17, 15) is 18.8 Å². The minimum absolute atomic E-state index is 0.122. The fraction of sp³-hybridized carbons (Fsp3) is 0.444. The van der Waals surface area contributed by atoms with Crippen molar-refractivity contribution in [2.75, 3.05) is 40.5 Å². The lowest BCUT2D eigenvalue weighted by atomic mass is 10.1. The first-order chi connectivity index (χ1) is 19.8. The first kappa shape index (κ1) is 30.1. The van der Waals surface area contributed by atoms with Crippen molar-refractivity contribution in [1.82, 2.24) is 29.0 Å². The van der Waals surface area contributed by atoms with Gasteiger partial charge in [0.05, 0.1) is 38.1 Å². The van der Waals surface area contributed by atoms with Gasteiger partial charge < -0.3 is 19.5 Å². The smallest absolute Gasteiger partial charge is 0.332 e. The number of nitrogens with zero attached hydrogens (tertiary/aromatic N) is 6. The van der Waals surface area contributed by atoms with Gasteiger partial charge in [0.1, 0.15) is 27.4 Å². The van der Waals surface area contributed by atoms with E-state index in [4.69, 9.17) is 9.84 Å². The topological polar surface area (TPSA) is 134 Å². The highest BCUT2D eigenvalue weighted by molar-refractivity contribution is 7.21. The number of methoxy groups -OCH3 is 2. The number of aliphatic hydroxyl groups is 1. The number of hydrogen-bond donors (Lipinski definition) is 1. The lowest BCUT2D eigenvalue weighted by Crippen LogP contribution is -2.44. The quantitative estimate of drug-likeness (QED) is 0.314. The molecule has 4 heterocycles. The number of rotatable bonds is 9. The van der Waals surface area contributed by atoms with Gasteiger partial charge in [-0.25, -0.2) is 13.8 Å². The van der Waals surface area contributed by atoms with Crippen molar-refractivity contribution in [3.8, 4) is 10.8 Å². The van der Waals surface area contributed by atoms with Crippen molar-refractivity contribution in [2.45, 2.75) is 39.3 Å². The number of carbonyl (C=O) groups excluding carboxylic acids is 1. The molecule has 1 N–H and O–H groups in total. The van der Waals surface area contributed by atoms with Gasteiger partial charge in [-0.3, -0.25) is 14.2 Å². The van der Waals surface area contributed by atoms with E-state index in [-0.39, 0.29) is 25.5 Å². The Morgan fingerprint density at radius 1 is 1.17 bits per heavy atom. The van der Waals surface area contributed by atoms with Crippen molar-refractivity contribution in [3.63, 3.8) is 0 Å². The fourth-order valence-corrected chi connectivity index (χ4v) is 6.11. The van der Waals surface area contributed by atoms with E-state index >= 15 is 0 Å². The Morgan fingerprint density at radius 2 is 1.90 bits per heavy atom. The molecule has 1 unspecified atom stereocenters. The maximum Gasteiger partial charge on any atom is 0.332 e. The Labute approximate surface area is 239 Å². The van der Waals surface area contributed by atoms with Gasteiger partial charge in [-0.1, -0.05) is 11.3 Å². The Morgan fingerprint density at radius 3 is 2.49 bits per heavy atom. The normalized spacial score (nSPS) is 14.9. The molecule has 0 saturated carbocycles. The molecule has 1 aliphatic heterocycles. The maximum atomic E-state index is 14.0. The van der Waals surface area contributed by atoms with Gasteiger partial charge in [0.2, 0.25) is 5.91 Å². The summed E-state index contributed by atoms with van der Waals surface area (Å²) in [5, 5.41) is 17.3. The minimum Gasteiger partial charge on any atom is -0.496 e. The molecule has 1 atom stereocenters. The summed E-state index contributed by atoms with van der Waals surface area (Å²) in [4.78, 5) is 44.0. The molecule has 1 saturated heterocycles. The van der Waals surface area contributed by atoms with Crippen LogP contribution in [0, 0.1) is 12.7 Å². The molecule has 0 aliphatic carbocycles. The number of likely N-dealkylation sites (N-methyl/N-ethyl adjacent to an activating group) is 1. The number of thiophene rings is 1. The molecule has 1 aromatic carbocycles. The van der Waals surface area contributed by atoms with Crippen LogP contribution in [0.25, 0.3) is 15.2 Å². The molecule has 1 aliphatic rings. The van der Waals surface area contributed by atoms with Crippen molar-refractivity contribution in [3.05, 3.63) is 68.4 Å². The van der Waals surface area contributed by atoms with Crippen LogP contribution in [0.2, 0.25) is 0 Å². The number of aryl methyl sites for hydroxylation is 3. The van der Waals surface area contributed by atoms with Crippen LogP contribution in [0.5, 0.6) is 5.75 Å². The van der Waals surface area contributed by atoms with E-state index in [1.54, 1.807) is 18.9 Å². The molecule has 3 aromatic heterocycles. The summed E-state index contributed by atoms with van der Waals surface area (Å²) in [6, 6.07) is 3.35. The number of hydrogen-bond acceptors (Lipinski definition) is 9. The summed E-state index contributed by atoms with van der Waals surface area (Å²) in [5.41, 5.74) is 0.143. The number of halogens is 1. The van der Waals surface area contributed by atoms with E-state index in [1.165, 1.54) is 58.4 Å². The first-order valence-electron chi connectivity index (χ1n) is 13.1. The largest absolute Gasteiger partial charge is 0.496 e. The molecular weight excluding hydrogens is 555 g/mol. The average molecular weight is 589 g/mol. The Kier molecular flexibility index (Phi) is 9.68. The molecule has 1 fully saturated rings. The highest BCUT2D eigenvalue weighted by Gasteiger charge is 2.35. The number of ether oxygens (including phenoxy) is 2. The van der Waals surface area contributed by atoms with Gasteiger partial charge in [-0.2, -0.15) is 10.2 Å². The van der Waals surface area contributed by atoms with E-state index in [0.717, 1.165) is 4.57 Å². The SMILES string of the molecule is CCN1CCC(n2c(=O)c3c(C)c(-n4nccn4)sc3n(CCc3cc(F)ccc3OC)c2=O)C1=O.COCCO. The van der Waals surface area contributed by atoms with Crippen LogP contribution in [0.15, 0.2) is 40.2 Å². The van der Waals surface area contributed by atoms with Gasteiger partial charge in [0.25, 0.3) is 5.56 Å². The summed E-state index contributed by atoms with van der Waals surface area (Å²) >= 11 is 1.23. The third-order valence-corrected chi connectivity index (χ3v) is 8.20. The monoisotopic (exact) mass is 588 g/mol. The van der Waals surface area contributed by atoms with E-state index in [2.05, 4.69) is 14.9 Å². The summed E-state index contributed by atoms with van der Waals surface area (Å²) in [6.07, 6.45) is 3.71. The Bertz CT molecular complexity index is 1630. The molecule has 0 spiro atoms. The number of amides is 1. The molecule has 5 rings (SSSR count). The zero-order valence-corrected chi connectivity index (χ0v) is 24.2. The zero-order chi connectivity index (χ0) is 29.7. The molecule has 4 aromatic rings. The van der Waals surface area contributed by atoms with Crippen LogP contribution in [-0.4, -0.2) is 80.6 Å². The third-order valence-electron chi connectivity index (χ3n) is 6.92. The van der Waals surface area contributed by atoms with Crippen LogP contribution >= 0.6 is 11.3 Å². The summed E-state index contributed by atoms with van der Waals surface area (Å²) in [5.74, 6) is -0.151. The van der Waals surface area contributed by atoms with Gasteiger partial charge in [0, 0.05) is 32.3 Å². The Hall–Kier alpha value is -3.88. The van der Waals surface area contributed by atoms with Crippen molar-refractivity contribution in [2.24, 2.45) is 0 Å². The predicted molar refractivity (Wildman–Crippen MR) is 152 cm³/mol. The number of aliphatic hydroxyl groups excluding tert-OH is 1. The molecule has 0 bridgehead atoms. The average Bonchev–Trinajstić information content (AvgIpc) is 3.69. The standard InChI is InChI=1S/C24H25FN6O4S.C3H8O2/c1-4-28-11-8-17(20(28)32)30-21(33)19-14(2)22(31-26-9-10-27-31)36-23(19)29(24(30)34)12-7-15-13-16(25)5-6-18(15)35-3;1-5-3-2-4/h5-6,9-10,13,17H,4,7-8,11-12H2,1-3H3;4H,2-3H2,1H3. The van der Waals surface area contributed by atoms with Crippen LogP contribution in [0.4, 0.5) is 4.39 Å². The van der Waals surface area contributed by atoms with Gasteiger partial charge in [-0.05, 0) is 50.5 Å². The van der Waals surface area contributed by atoms with Crippen LogP contribution in [-0.2, 0) is 22.5 Å². The molecule has 12 nitrogen and oxygen atoms in total. The number of carbonyl (C=O) groups is 1. The zero-order valence-electron chi connectivity index (χ0n) is 23.4. The second kappa shape index (κ2) is 13.2. The predicted octanol–water partition coefficient (Wildman–Crippen LogP) is 1.92. The number of aromatic nitrogens is 5. The molecular formula is C27H33FN6O6S. The number of fused-ring (bicyclic) bond motifs is 1. The van der Waals surface area contributed by atoms with Gasteiger partial charge in [0.15, 0.2) is 0 Å². The summed E-state index contributed by atoms with van der Waals surface area (Å²) < 4.78 is 26.3. The molecule has 220 valence electrons. The van der Waals surface area contributed by atoms with Crippen molar-refractivity contribution in [1.29, 1.82) is 0 Å². The van der Waals surface area contributed by atoms with E-state index in [1.807, 2.05) is 6.92 Å². The molecule has 0 radical (unpaired) electrons. The Balaban J connectivity index is 0.000000714. The lowest BCUT2D eigenvalue weighted by Gasteiger charge is -2.17. The van der Waals surface area contributed by atoms with Crippen LogP contribution in [0.3, 0.4) is 0 Å². The van der Waals surface area contributed by atoms with E-state index in [0.29, 0.717) is 58.2 Å². The third kappa shape index (κ3) is 5.94. The highest BCUT2D eigenvalue weighted by Crippen LogP contribution is 2.31. The lowest BCUT2D eigenvalue weighted by molar-refractivity contribution is -0.130. The molecule has 1 amide bonds. The molecule has 41 heavy (non-hydrogen) atoms. The maximum absolute atomic E-state index is 14.0. The van der Waals surface area contributed by atoms with Gasteiger partial charge >= 0.3 is 5.69 Å². The second-order valence-electron chi connectivity index (χ2n) is 9.29. The summed E-state index contributed by atoms with van der Waals surface area (Å²) in [7, 11) is 3.05. The number of benzene rings is 1. The van der Waals surface area contributed by atoms with Crippen LogP contribution in [0.1, 0.15) is 30.5 Å². The first-order valence-corrected chi connectivity index (χ1v) is 13.9. The van der Waals surface area contributed by atoms with Crippen molar-refractivity contribution >= 4 is 27.5 Å². The fourth-order valence-electron chi connectivity index (χ4n) is 4.88. The van der Waals surface area contributed by atoms with Crippen molar-refractivity contribution < 1.29 is 23.8 Å². The van der Waals surface area contributed by atoms with Crippen LogP contribution < -0.4 is 16.0 Å². The number of likely N-dealkylation sites (tertiary alicyclic amines) is 1. The summed E-state index contributed by atoms with van der Waals surface area (Å²) in [6.45, 7) is 5.35. The highest BCUT2D eigenvalue weighted by atomic mass is 32.1. The molecule has 14 heteroatoms. The van der Waals surface area contributed by atoms with Gasteiger partial charge in [-0.15, -0.1) is 4.80 Å². The minimum atomic E-state index is -0.866.